The van der Waals surface area contributed by atoms with Crippen molar-refractivity contribution in [3.63, 3.8) is 0 Å². The van der Waals surface area contributed by atoms with E-state index in [2.05, 4.69) is 4.99 Å². The first-order chi connectivity index (χ1) is 9.17. The number of rotatable bonds is 5. The number of urea groups is 1. The van der Waals surface area contributed by atoms with Crippen LogP contribution < -0.4 is 10.5 Å². The van der Waals surface area contributed by atoms with Crippen LogP contribution in [0, 0.1) is 0 Å². The number of hydrogen-bond acceptors (Lipinski definition) is 4. The Balaban J connectivity index is 2.23. The van der Waals surface area contributed by atoms with Crippen LogP contribution in [-0.4, -0.2) is 44.1 Å². The van der Waals surface area contributed by atoms with Gasteiger partial charge in [0.15, 0.2) is 0 Å². The summed E-state index contributed by atoms with van der Waals surface area (Å²) in [5.41, 5.74) is 6.76. The molecule has 6 heteroatoms. The molecular formula is C13H17N3O3. The van der Waals surface area contributed by atoms with Crippen molar-refractivity contribution in [2.75, 3.05) is 27.4 Å². The highest BCUT2D eigenvalue weighted by molar-refractivity contribution is 6.03. The summed E-state index contributed by atoms with van der Waals surface area (Å²) in [7, 11) is 3.20. The number of benzene rings is 1. The van der Waals surface area contributed by atoms with Gasteiger partial charge >= 0.3 is 6.03 Å². The van der Waals surface area contributed by atoms with Crippen LogP contribution in [0.25, 0.3) is 0 Å². The van der Waals surface area contributed by atoms with Crippen molar-refractivity contribution in [1.29, 1.82) is 0 Å². The Labute approximate surface area is 111 Å². The lowest BCUT2D eigenvalue weighted by atomic mass is 10.1. The number of amides is 2. The Morgan fingerprint density at radius 2 is 2.00 bits per heavy atom. The first kappa shape index (κ1) is 13.4. The molecule has 0 bridgehead atoms. The van der Waals surface area contributed by atoms with Crippen molar-refractivity contribution in [3.05, 3.63) is 29.8 Å². The number of nitrogens with zero attached hydrogens (tertiary/aromatic N) is 2. The standard InChI is InChI=1S/C13H17N3O3/c1-18-8-7-16-11(12(14)15-13(16)17)9-3-5-10(19-2)6-4-9/h3-6,11H,7-8H2,1-2H3,(H2,14,15,17). The molecule has 2 rings (SSSR count). The van der Waals surface area contributed by atoms with Gasteiger partial charge in [-0.3, -0.25) is 0 Å². The third kappa shape index (κ3) is 2.68. The molecule has 0 saturated heterocycles. The molecular weight excluding hydrogens is 246 g/mol. The van der Waals surface area contributed by atoms with Crippen LogP contribution >= 0.6 is 0 Å². The minimum Gasteiger partial charge on any atom is -0.497 e. The topological polar surface area (TPSA) is 77.2 Å². The molecule has 1 aromatic rings. The van der Waals surface area contributed by atoms with Crippen molar-refractivity contribution in [2.24, 2.45) is 10.7 Å². The first-order valence-electron chi connectivity index (χ1n) is 5.95. The van der Waals surface area contributed by atoms with Crippen LogP contribution in [0.4, 0.5) is 4.79 Å². The molecule has 0 spiro atoms. The van der Waals surface area contributed by atoms with Gasteiger partial charge in [-0.05, 0) is 17.7 Å². The van der Waals surface area contributed by atoms with E-state index in [4.69, 9.17) is 15.2 Å². The number of carbonyl (C=O) groups excluding carboxylic acids is 1. The summed E-state index contributed by atoms with van der Waals surface area (Å²) in [5.74, 6) is 1.07. The monoisotopic (exact) mass is 263 g/mol. The van der Waals surface area contributed by atoms with Gasteiger partial charge in [-0.25, -0.2) is 4.79 Å². The molecule has 0 radical (unpaired) electrons. The van der Waals surface area contributed by atoms with E-state index in [0.717, 1.165) is 11.3 Å². The second kappa shape index (κ2) is 5.71. The molecule has 102 valence electrons. The van der Waals surface area contributed by atoms with Crippen LogP contribution in [0.5, 0.6) is 5.75 Å². The Kier molecular flexibility index (Phi) is 4.01. The minimum atomic E-state index is -0.325. The molecule has 1 unspecified atom stereocenters. The fraction of sp³-hybridized carbons (Fsp3) is 0.385. The van der Waals surface area contributed by atoms with Gasteiger partial charge in [0.05, 0.1) is 13.7 Å². The molecule has 0 saturated carbocycles. The van der Waals surface area contributed by atoms with Crippen molar-refractivity contribution in [1.82, 2.24) is 4.90 Å². The Bertz CT molecular complexity index is 484. The molecule has 1 heterocycles. The molecule has 1 aliphatic rings. The predicted octanol–water partition coefficient (Wildman–Crippen LogP) is 1.18. The van der Waals surface area contributed by atoms with Crippen molar-refractivity contribution >= 4 is 11.9 Å². The lowest BCUT2D eigenvalue weighted by Crippen LogP contribution is -2.35. The maximum atomic E-state index is 11.8. The third-order valence-electron chi connectivity index (χ3n) is 3.03. The molecule has 19 heavy (non-hydrogen) atoms. The minimum absolute atomic E-state index is 0.311. The third-order valence-corrected chi connectivity index (χ3v) is 3.03. The average Bonchev–Trinajstić information content (AvgIpc) is 2.71. The second-order valence-electron chi connectivity index (χ2n) is 4.18. The highest BCUT2D eigenvalue weighted by Gasteiger charge is 2.34. The molecule has 0 aliphatic carbocycles. The summed E-state index contributed by atoms with van der Waals surface area (Å²) in [6, 6.07) is 6.78. The zero-order chi connectivity index (χ0) is 13.8. The molecule has 2 amide bonds. The summed E-state index contributed by atoms with van der Waals surface area (Å²) in [5, 5.41) is 0. The molecule has 1 atom stereocenters. The zero-order valence-electron chi connectivity index (χ0n) is 11.0. The Hall–Kier alpha value is -2.08. The summed E-state index contributed by atoms with van der Waals surface area (Å²) in [6.45, 7) is 0.900. The predicted molar refractivity (Wildman–Crippen MR) is 71.3 cm³/mol. The van der Waals surface area contributed by atoms with Gasteiger partial charge in [-0.1, -0.05) is 12.1 Å². The molecule has 2 N–H and O–H groups in total. The summed E-state index contributed by atoms with van der Waals surface area (Å²) >= 11 is 0. The lowest BCUT2D eigenvalue weighted by Gasteiger charge is -2.24. The largest absolute Gasteiger partial charge is 0.497 e. The van der Waals surface area contributed by atoms with Crippen LogP contribution in [0.15, 0.2) is 29.3 Å². The number of amidine groups is 1. The highest BCUT2D eigenvalue weighted by Crippen LogP contribution is 2.27. The van der Waals surface area contributed by atoms with Gasteiger partial charge in [-0.2, -0.15) is 4.99 Å². The fourth-order valence-corrected chi connectivity index (χ4v) is 2.06. The summed E-state index contributed by atoms with van der Waals surface area (Å²) < 4.78 is 10.1. The van der Waals surface area contributed by atoms with E-state index in [0.29, 0.717) is 19.0 Å². The van der Waals surface area contributed by atoms with Crippen LogP contribution in [-0.2, 0) is 4.74 Å². The van der Waals surface area contributed by atoms with Gasteiger partial charge < -0.3 is 20.1 Å². The number of aliphatic imine (C=N–C) groups is 1. The van der Waals surface area contributed by atoms with Gasteiger partial charge in [0.1, 0.15) is 17.6 Å². The highest BCUT2D eigenvalue weighted by atomic mass is 16.5. The quantitative estimate of drug-likeness (QED) is 0.865. The van der Waals surface area contributed by atoms with Gasteiger partial charge in [0.25, 0.3) is 0 Å². The maximum absolute atomic E-state index is 11.8. The van der Waals surface area contributed by atoms with Gasteiger partial charge in [0, 0.05) is 13.7 Å². The first-order valence-corrected chi connectivity index (χ1v) is 5.95. The van der Waals surface area contributed by atoms with Crippen molar-refractivity contribution in [3.8, 4) is 5.75 Å². The van der Waals surface area contributed by atoms with Crippen molar-refractivity contribution in [2.45, 2.75) is 6.04 Å². The maximum Gasteiger partial charge on any atom is 0.346 e. The molecule has 0 fully saturated rings. The summed E-state index contributed by atoms with van der Waals surface area (Å²) in [4.78, 5) is 17.2. The number of nitrogens with two attached hydrogens (primary N) is 1. The number of methoxy groups -OCH3 is 2. The van der Waals surface area contributed by atoms with Crippen LogP contribution in [0.1, 0.15) is 11.6 Å². The van der Waals surface area contributed by atoms with E-state index in [1.54, 1.807) is 19.1 Å². The molecule has 1 aromatic carbocycles. The van der Waals surface area contributed by atoms with E-state index in [-0.39, 0.29) is 12.1 Å². The van der Waals surface area contributed by atoms with Crippen molar-refractivity contribution < 1.29 is 14.3 Å². The van der Waals surface area contributed by atoms with Gasteiger partial charge in [-0.15, -0.1) is 0 Å². The molecule has 6 nitrogen and oxygen atoms in total. The second-order valence-corrected chi connectivity index (χ2v) is 4.18. The van der Waals surface area contributed by atoms with Crippen LogP contribution in [0.3, 0.4) is 0 Å². The smallest absolute Gasteiger partial charge is 0.346 e. The van der Waals surface area contributed by atoms with E-state index < -0.39 is 0 Å². The number of carbonyl (C=O) groups is 1. The Morgan fingerprint density at radius 1 is 1.32 bits per heavy atom. The zero-order valence-corrected chi connectivity index (χ0v) is 11.0. The Morgan fingerprint density at radius 3 is 2.58 bits per heavy atom. The fourth-order valence-electron chi connectivity index (χ4n) is 2.06. The van der Waals surface area contributed by atoms with E-state index in [9.17, 15) is 4.79 Å². The normalized spacial score (nSPS) is 18.6. The van der Waals surface area contributed by atoms with Crippen LogP contribution in [0.2, 0.25) is 0 Å². The molecule has 0 aromatic heterocycles. The number of hydrogen-bond donors (Lipinski definition) is 1. The lowest BCUT2D eigenvalue weighted by molar-refractivity contribution is 0.150. The van der Waals surface area contributed by atoms with E-state index >= 15 is 0 Å². The van der Waals surface area contributed by atoms with Gasteiger partial charge in [0.2, 0.25) is 0 Å². The van der Waals surface area contributed by atoms with E-state index in [1.165, 1.54) is 0 Å². The molecule has 1 aliphatic heterocycles. The number of ether oxygens (including phenoxy) is 2. The average molecular weight is 263 g/mol. The van der Waals surface area contributed by atoms with E-state index in [1.807, 2.05) is 24.3 Å². The summed E-state index contributed by atoms with van der Waals surface area (Å²) in [6.07, 6.45) is 0. The SMILES string of the molecule is COCCN1C(=O)N=C(N)C1c1ccc(OC)cc1.